The summed E-state index contributed by atoms with van der Waals surface area (Å²) in [5.74, 6) is 1.30. The molecule has 21 heavy (non-hydrogen) atoms. The standard InChI is InChI=1S/C17H18BrNO2/c18-15-6-7-19-17(10-15)21-16-8-14(9-16)12-20-11-13-4-2-1-3-5-13/h1-7,10,14,16H,8-9,11-12H2/t14-,16-. The monoisotopic (exact) mass is 347 g/mol. The quantitative estimate of drug-likeness (QED) is 0.783. The van der Waals surface area contributed by atoms with Crippen molar-refractivity contribution in [3.05, 3.63) is 58.7 Å². The summed E-state index contributed by atoms with van der Waals surface area (Å²) in [4.78, 5) is 4.20. The van der Waals surface area contributed by atoms with Crippen molar-refractivity contribution in [1.82, 2.24) is 4.98 Å². The number of halogens is 1. The number of hydrogen-bond acceptors (Lipinski definition) is 3. The summed E-state index contributed by atoms with van der Waals surface area (Å²) >= 11 is 3.42. The summed E-state index contributed by atoms with van der Waals surface area (Å²) in [7, 11) is 0. The number of benzene rings is 1. The van der Waals surface area contributed by atoms with E-state index in [4.69, 9.17) is 9.47 Å². The van der Waals surface area contributed by atoms with Crippen LogP contribution in [0, 0.1) is 5.92 Å². The van der Waals surface area contributed by atoms with Gasteiger partial charge in [0.2, 0.25) is 5.88 Å². The third kappa shape index (κ3) is 4.29. The van der Waals surface area contributed by atoms with Gasteiger partial charge in [0.15, 0.2) is 0 Å². The molecule has 3 nitrogen and oxygen atoms in total. The minimum absolute atomic E-state index is 0.275. The molecule has 1 heterocycles. The Hall–Kier alpha value is -1.39. The molecule has 110 valence electrons. The predicted molar refractivity (Wildman–Crippen MR) is 85.2 cm³/mol. The van der Waals surface area contributed by atoms with Gasteiger partial charge in [-0.15, -0.1) is 0 Å². The zero-order chi connectivity index (χ0) is 14.5. The lowest BCUT2D eigenvalue weighted by atomic mass is 9.83. The topological polar surface area (TPSA) is 31.4 Å². The number of pyridine rings is 1. The normalized spacial score (nSPS) is 20.8. The molecule has 1 fully saturated rings. The molecule has 1 aromatic heterocycles. The molecule has 1 aliphatic carbocycles. The molecular weight excluding hydrogens is 330 g/mol. The van der Waals surface area contributed by atoms with Gasteiger partial charge in [0, 0.05) is 16.7 Å². The van der Waals surface area contributed by atoms with Crippen molar-refractivity contribution < 1.29 is 9.47 Å². The van der Waals surface area contributed by atoms with Crippen molar-refractivity contribution >= 4 is 15.9 Å². The third-order valence-electron chi connectivity index (χ3n) is 3.64. The van der Waals surface area contributed by atoms with Crippen molar-refractivity contribution in [2.75, 3.05) is 6.61 Å². The van der Waals surface area contributed by atoms with Gasteiger partial charge in [0.05, 0.1) is 13.2 Å². The van der Waals surface area contributed by atoms with Crippen molar-refractivity contribution in [1.29, 1.82) is 0 Å². The van der Waals surface area contributed by atoms with Crippen LogP contribution in [0.5, 0.6) is 5.88 Å². The molecule has 0 N–H and O–H groups in total. The van der Waals surface area contributed by atoms with Gasteiger partial charge in [-0.05, 0) is 30.4 Å². The Morgan fingerprint density at radius 3 is 2.71 bits per heavy atom. The lowest BCUT2D eigenvalue weighted by Crippen LogP contribution is -2.36. The van der Waals surface area contributed by atoms with Crippen LogP contribution >= 0.6 is 15.9 Å². The fourth-order valence-electron chi connectivity index (χ4n) is 2.45. The average molecular weight is 348 g/mol. The molecule has 0 atom stereocenters. The van der Waals surface area contributed by atoms with Crippen LogP contribution in [-0.4, -0.2) is 17.7 Å². The van der Waals surface area contributed by atoms with Crippen molar-refractivity contribution in [2.45, 2.75) is 25.6 Å². The molecule has 4 heteroatoms. The van der Waals surface area contributed by atoms with Gasteiger partial charge < -0.3 is 9.47 Å². The first-order valence-electron chi connectivity index (χ1n) is 7.19. The number of rotatable bonds is 6. The smallest absolute Gasteiger partial charge is 0.214 e. The zero-order valence-electron chi connectivity index (χ0n) is 11.7. The Balaban J connectivity index is 1.35. The molecule has 0 radical (unpaired) electrons. The highest BCUT2D eigenvalue weighted by Gasteiger charge is 2.31. The highest BCUT2D eigenvalue weighted by atomic mass is 79.9. The summed E-state index contributed by atoms with van der Waals surface area (Å²) in [5.41, 5.74) is 1.22. The van der Waals surface area contributed by atoms with Crippen LogP contribution < -0.4 is 4.74 Å². The predicted octanol–water partition coefficient (Wildman–Crippen LogP) is 4.22. The van der Waals surface area contributed by atoms with Gasteiger partial charge in [0.25, 0.3) is 0 Å². The van der Waals surface area contributed by atoms with Crippen molar-refractivity contribution in [3.63, 3.8) is 0 Å². The SMILES string of the molecule is Brc1ccnc(O[C@H]2C[C@H](COCc3ccccc3)C2)c1. The third-order valence-corrected chi connectivity index (χ3v) is 4.14. The van der Waals surface area contributed by atoms with Crippen LogP contribution in [0.1, 0.15) is 18.4 Å². The van der Waals surface area contributed by atoms with Gasteiger partial charge in [-0.2, -0.15) is 0 Å². The fourth-order valence-corrected chi connectivity index (χ4v) is 2.76. The maximum atomic E-state index is 5.83. The highest BCUT2D eigenvalue weighted by molar-refractivity contribution is 9.10. The minimum atomic E-state index is 0.275. The second-order valence-electron chi connectivity index (χ2n) is 5.39. The molecule has 1 aromatic carbocycles. The lowest BCUT2D eigenvalue weighted by Gasteiger charge is -2.34. The van der Waals surface area contributed by atoms with E-state index in [1.54, 1.807) is 6.20 Å². The Morgan fingerprint density at radius 2 is 1.95 bits per heavy atom. The van der Waals surface area contributed by atoms with Crippen LogP contribution in [0.2, 0.25) is 0 Å². The van der Waals surface area contributed by atoms with Gasteiger partial charge in [-0.25, -0.2) is 4.98 Å². The van der Waals surface area contributed by atoms with Crippen LogP contribution in [0.3, 0.4) is 0 Å². The maximum Gasteiger partial charge on any atom is 0.214 e. The summed E-state index contributed by atoms with van der Waals surface area (Å²) in [6, 6.07) is 14.1. The summed E-state index contributed by atoms with van der Waals surface area (Å²) in [6.07, 6.45) is 4.11. The molecule has 0 bridgehead atoms. The van der Waals surface area contributed by atoms with Crippen LogP contribution in [-0.2, 0) is 11.3 Å². The summed E-state index contributed by atoms with van der Waals surface area (Å²) < 4.78 is 12.6. The van der Waals surface area contributed by atoms with E-state index in [1.165, 1.54) is 5.56 Å². The molecule has 0 unspecified atom stereocenters. The van der Waals surface area contributed by atoms with E-state index in [0.717, 1.165) is 23.9 Å². The first-order valence-corrected chi connectivity index (χ1v) is 7.99. The largest absolute Gasteiger partial charge is 0.474 e. The molecular formula is C17H18BrNO2. The number of ether oxygens (including phenoxy) is 2. The fraction of sp³-hybridized carbons (Fsp3) is 0.353. The van der Waals surface area contributed by atoms with Gasteiger partial charge >= 0.3 is 0 Å². The van der Waals surface area contributed by atoms with E-state index < -0.39 is 0 Å². The molecule has 3 rings (SSSR count). The van der Waals surface area contributed by atoms with Gasteiger partial charge in [-0.1, -0.05) is 46.3 Å². The van der Waals surface area contributed by atoms with Crippen molar-refractivity contribution in [2.24, 2.45) is 5.92 Å². The van der Waals surface area contributed by atoms with E-state index in [-0.39, 0.29) is 6.10 Å². The maximum absolute atomic E-state index is 5.83. The van der Waals surface area contributed by atoms with Gasteiger partial charge in [-0.3, -0.25) is 0 Å². The first-order chi connectivity index (χ1) is 10.3. The minimum Gasteiger partial charge on any atom is -0.474 e. The molecule has 0 aliphatic heterocycles. The van der Waals surface area contributed by atoms with Crippen LogP contribution in [0.4, 0.5) is 0 Å². The van der Waals surface area contributed by atoms with E-state index in [2.05, 4.69) is 33.0 Å². The lowest BCUT2D eigenvalue weighted by molar-refractivity contribution is -0.00425. The molecule has 1 aliphatic rings. The molecule has 1 saturated carbocycles. The Kier molecular flexibility index (Phi) is 4.88. The molecule has 0 saturated heterocycles. The Morgan fingerprint density at radius 1 is 1.14 bits per heavy atom. The number of aromatic nitrogens is 1. The zero-order valence-corrected chi connectivity index (χ0v) is 13.3. The van der Waals surface area contributed by atoms with E-state index >= 15 is 0 Å². The highest BCUT2D eigenvalue weighted by Crippen LogP contribution is 2.31. The van der Waals surface area contributed by atoms with E-state index in [1.807, 2.05) is 30.3 Å². The average Bonchev–Trinajstić information content (AvgIpc) is 2.46. The van der Waals surface area contributed by atoms with Crippen LogP contribution in [0.15, 0.2) is 53.1 Å². The number of nitrogens with zero attached hydrogens (tertiary/aromatic N) is 1. The molecule has 2 aromatic rings. The van der Waals surface area contributed by atoms with Crippen LogP contribution in [0.25, 0.3) is 0 Å². The Bertz CT molecular complexity index is 570. The molecule has 0 spiro atoms. The van der Waals surface area contributed by atoms with E-state index in [0.29, 0.717) is 18.4 Å². The second kappa shape index (κ2) is 7.05. The first kappa shape index (κ1) is 14.5. The molecule has 0 amide bonds. The van der Waals surface area contributed by atoms with Crippen molar-refractivity contribution in [3.8, 4) is 5.88 Å². The van der Waals surface area contributed by atoms with E-state index in [9.17, 15) is 0 Å². The van der Waals surface area contributed by atoms with Gasteiger partial charge in [0.1, 0.15) is 6.10 Å². The number of hydrogen-bond donors (Lipinski definition) is 0. The second-order valence-corrected chi connectivity index (χ2v) is 6.31. The summed E-state index contributed by atoms with van der Waals surface area (Å²) in [6.45, 7) is 1.50. The summed E-state index contributed by atoms with van der Waals surface area (Å²) in [5, 5.41) is 0. The Labute approximate surface area is 133 Å².